The Labute approximate surface area is 148 Å². The average Bonchev–Trinajstić information content (AvgIpc) is 2.87. The second-order valence-electron chi connectivity index (χ2n) is 5.94. The van der Waals surface area contributed by atoms with Crippen LogP contribution < -0.4 is 5.32 Å². The number of hydrogen-bond donors (Lipinski definition) is 1. The van der Waals surface area contributed by atoms with Crippen molar-refractivity contribution in [3.8, 4) is 0 Å². The number of carbonyl (C=O) groups is 1. The predicted octanol–water partition coefficient (Wildman–Crippen LogP) is 5.91. The van der Waals surface area contributed by atoms with Crippen molar-refractivity contribution in [2.45, 2.75) is 40.0 Å². The Morgan fingerprint density at radius 1 is 1.48 bits per heavy atom. The number of thiazole rings is 1. The average molecular weight is 399 g/mol. The maximum absolute atomic E-state index is 13.7. The molecule has 0 radical (unpaired) electrons. The number of rotatable bonds is 6. The van der Waals surface area contributed by atoms with Crippen LogP contribution in [0.3, 0.4) is 0 Å². The van der Waals surface area contributed by atoms with E-state index in [1.54, 1.807) is 6.07 Å². The molecule has 0 saturated carbocycles. The van der Waals surface area contributed by atoms with E-state index >= 15 is 0 Å². The lowest BCUT2D eigenvalue weighted by Crippen LogP contribution is -2.14. The smallest absolute Gasteiger partial charge is 0.226 e. The van der Waals surface area contributed by atoms with E-state index in [9.17, 15) is 9.18 Å². The number of amides is 1. The van der Waals surface area contributed by atoms with Crippen LogP contribution in [0.25, 0.3) is 10.2 Å². The highest BCUT2D eigenvalue weighted by molar-refractivity contribution is 9.10. The number of allylic oxidation sites excluding steroid dienone is 2. The van der Waals surface area contributed by atoms with Gasteiger partial charge in [0.25, 0.3) is 0 Å². The number of fused-ring (bicyclic) bond motifs is 1. The molecule has 1 aromatic heterocycles. The number of halogens is 2. The maximum atomic E-state index is 13.7. The van der Waals surface area contributed by atoms with Crippen molar-refractivity contribution >= 4 is 48.5 Å². The second kappa shape index (κ2) is 8.02. The molecule has 2 rings (SSSR count). The van der Waals surface area contributed by atoms with Gasteiger partial charge in [0.05, 0.1) is 4.70 Å². The number of nitrogens with zero attached hydrogens (tertiary/aromatic N) is 1. The summed E-state index contributed by atoms with van der Waals surface area (Å²) in [5, 5.41) is 3.22. The maximum Gasteiger partial charge on any atom is 0.226 e. The van der Waals surface area contributed by atoms with Crippen LogP contribution >= 0.6 is 27.3 Å². The van der Waals surface area contributed by atoms with E-state index < -0.39 is 0 Å². The third-order valence-electron chi connectivity index (χ3n) is 3.44. The van der Waals surface area contributed by atoms with Gasteiger partial charge in [-0.25, -0.2) is 9.37 Å². The minimum Gasteiger partial charge on any atom is -0.302 e. The fourth-order valence-corrected chi connectivity index (χ4v) is 3.71. The summed E-state index contributed by atoms with van der Waals surface area (Å²) >= 11 is 4.65. The molecule has 1 amide bonds. The molecule has 0 aliphatic carbocycles. The van der Waals surface area contributed by atoms with Crippen molar-refractivity contribution in [2.75, 3.05) is 5.32 Å². The first-order chi connectivity index (χ1) is 10.9. The molecule has 1 aromatic carbocycles. The summed E-state index contributed by atoms with van der Waals surface area (Å²) in [5.41, 5.74) is 1.58. The number of aromatic nitrogens is 1. The summed E-state index contributed by atoms with van der Waals surface area (Å²) in [6.07, 6.45) is 4.58. The van der Waals surface area contributed by atoms with E-state index in [0.29, 0.717) is 22.2 Å². The Bertz CT molecular complexity index is 699. The van der Waals surface area contributed by atoms with E-state index in [0.717, 1.165) is 17.3 Å². The SMILES string of the molecule is CC(C)=CCCC(C)CC(=O)Nc1nc2c(F)ccc(Br)c2s1. The van der Waals surface area contributed by atoms with Gasteiger partial charge in [0.2, 0.25) is 5.91 Å². The topological polar surface area (TPSA) is 42.0 Å². The zero-order valence-corrected chi connectivity index (χ0v) is 15.9. The van der Waals surface area contributed by atoms with Crippen LogP contribution in [0.1, 0.15) is 40.0 Å². The molecule has 0 aliphatic rings. The lowest BCUT2D eigenvalue weighted by Gasteiger charge is -2.09. The number of anilines is 1. The zero-order chi connectivity index (χ0) is 17.0. The van der Waals surface area contributed by atoms with Crippen molar-refractivity contribution in [2.24, 2.45) is 5.92 Å². The van der Waals surface area contributed by atoms with Crippen molar-refractivity contribution in [1.82, 2.24) is 4.98 Å². The van der Waals surface area contributed by atoms with Crippen LogP contribution in [0.15, 0.2) is 28.3 Å². The van der Waals surface area contributed by atoms with Crippen LogP contribution in [0.2, 0.25) is 0 Å². The standard InChI is InChI=1S/C17H20BrFN2OS/c1-10(2)5-4-6-11(3)9-14(22)20-17-21-15-13(19)8-7-12(18)16(15)23-17/h5,7-8,11H,4,6,9H2,1-3H3,(H,20,21,22). The van der Waals surface area contributed by atoms with E-state index in [1.807, 2.05) is 0 Å². The summed E-state index contributed by atoms with van der Waals surface area (Å²) < 4.78 is 15.2. The van der Waals surface area contributed by atoms with Gasteiger partial charge in [-0.15, -0.1) is 0 Å². The number of benzene rings is 1. The molecule has 0 spiro atoms. The van der Waals surface area contributed by atoms with Crippen molar-refractivity contribution < 1.29 is 9.18 Å². The van der Waals surface area contributed by atoms with Crippen LogP contribution in [0.5, 0.6) is 0 Å². The second-order valence-corrected chi connectivity index (χ2v) is 7.80. The van der Waals surface area contributed by atoms with Gasteiger partial charge >= 0.3 is 0 Å². The predicted molar refractivity (Wildman–Crippen MR) is 98.4 cm³/mol. The third-order valence-corrected chi connectivity index (χ3v) is 5.37. The fourth-order valence-electron chi connectivity index (χ4n) is 2.24. The molecule has 3 nitrogen and oxygen atoms in total. The van der Waals surface area contributed by atoms with Gasteiger partial charge in [-0.2, -0.15) is 0 Å². The first-order valence-electron chi connectivity index (χ1n) is 7.54. The lowest BCUT2D eigenvalue weighted by molar-refractivity contribution is -0.117. The quantitative estimate of drug-likeness (QED) is 0.614. The zero-order valence-electron chi connectivity index (χ0n) is 13.5. The Morgan fingerprint density at radius 3 is 2.87 bits per heavy atom. The monoisotopic (exact) mass is 398 g/mol. The van der Waals surface area contributed by atoms with Crippen LogP contribution in [-0.2, 0) is 4.79 Å². The first-order valence-corrected chi connectivity index (χ1v) is 9.15. The molecular formula is C17H20BrFN2OS. The molecule has 124 valence electrons. The summed E-state index contributed by atoms with van der Waals surface area (Å²) in [4.78, 5) is 16.3. The molecule has 0 saturated heterocycles. The van der Waals surface area contributed by atoms with E-state index in [2.05, 4.69) is 53.1 Å². The normalized spacial score (nSPS) is 12.2. The van der Waals surface area contributed by atoms with Gasteiger partial charge in [0.1, 0.15) is 11.3 Å². The molecule has 0 aliphatic heterocycles. The molecule has 1 atom stereocenters. The van der Waals surface area contributed by atoms with Crippen LogP contribution in [0.4, 0.5) is 9.52 Å². The summed E-state index contributed by atoms with van der Waals surface area (Å²) in [5.74, 6) is -0.163. The molecule has 1 unspecified atom stereocenters. The molecule has 23 heavy (non-hydrogen) atoms. The Kier molecular flexibility index (Phi) is 6.30. The van der Waals surface area contributed by atoms with Crippen LogP contribution in [-0.4, -0.2) is 10.9 Å². The minimum atomic E-state index is -0.380. The van der Waals surface area contributed by atoms with E-state index in [4.69, 9.17) is 0 Å². The van der Waals surface area contributed by atoms with Gasteiger partial charge in [0, 0.05) is 10.9 Å². The summed E-state index contributed by atoms with van der Waals surface area (Å²) in [7, 11) is 0. The Hall–Kier alpha value is -1.27. The van der Waals surface area contributed by atoms with Gasteiger partial charge in [-0.05, 0) is 60.7 Å². The highest BCUT2D eigenvalue weighted by atomic mass is 79.9. The van der Waals surface area contributed by atoms with Crippen molar-refractivity contribution in [3.05, 3.63) is 34.1 Å². The summed E-state index contributed by atoms with van der Waals surface area (Å²) in [6.45, 7) is 6.20. The fraction of sp³-hybridized carbons (Fsp3) is 0.412. The minimum absolute atomic E-state index is 0.0784. The lowest BCUT2D eigenvalue weighted by atomic mass is 10.0. The largest absolute Gasteiger partial charge is 0.302 e. The van der Waals surface area contributed by atoms with Gasteiger partial charge in [-0.3, -0.25) is 4.79 Å². The van der Waals surface area contributed by atoms with Crippen molar-refractivity contribution in [1.29, 1.82) is 0 Å². The van der Waals surface area contributed by atoms with Gasteiger partial charge in [-0.1, -0.05) is 29.9 Å². The summed E-state index contributed by atoms with van der Waals surface area (Å²) in [6, 6.07) is 3.01. The van der Waals surface area contributed by atoms with E-state index in [-0.39, 0.29) is 17.2 Å². The third kappa shape index (κ3) is 5.11. The first kappa shape index (κ1) is 18.1. The van der Waals surface area contributed by atoms with E-state index in [1.165, 1.54) is 23.0 Å². The molecular weight excluding hydrogens is 379 g/mol. The van der Waals surface area contributed by atoms with Gasteiger partial charge < -0.3 is 5.32 Å². The number of nitrogens with one attached hydrogen (secondary N) is 1. The van der Waals surface area contributed by atoms with Gasteiger partial charge in [0.15, 0.2) is 5.13 Å². The molecule has 6 heteroatoms. The molecule has 1 N–H and O–H groups in total. The molecule has 0 bridgehead atoms. The highest BCUT2D eigenvalue weighted by Gasteiger charge is 2.14. The molecule has 2 aromatic rings. The highest BCUT2D eigenvalue weighted by Crippen LogP contribution is 2.33. The Balaban J connectivity index is 1.96. The number of hydrogen-bond acceptors (Lipinski definition) is 3. The Morgan fingerprint density at radius 2 is 2.22 bits per heavy atom. The molecule has 0 fully saturated rings. The van der Waals surface area contributed by atoms with Crippen LogP contribution in [0, 0.1) is 11.7 Å². The molecule has 1 heterocycles. The van der Waals surface area contributed by atoms with Crippen molar-refractivity contribution in [3.63, 3.8) is 0 Å². The number of carbonyl (C=O) groups excluding carboxylic acids is 1.